The molecule has 1 aromatic rings. The van der Waals surface area contributed by atoms with Gasteiger partial charge in [0.2, 0.25) is 5.95 Å². The van der Waals surface area contributed by atoms with E-state index in [4.69, 9.17) is 18.0 Å². The average Bonchev–Trinajstić information content (AvgIpc) is 2.32. The molecule has 1 fully saturated rings. The van der Waals surface area contributed by atoms with Gasteiger partial charge in [0, 0.05) is 12.2 Å². The zero-order chi connectivity index (χ0) is 12.3. The number of nitrogens with two attached hydrogens (primary N) is 1. The number of aromatic nitrogens is 2. The van der Waals surface area contributed by atoms with Crippen LogP contribution in [0.15, 0.2) is 12.3 Å². The van der Waals surface area contributed by atoms with Crippen molar-refractivity contribution in [2.75, 3.05) is 25.5 Å². The fourth-order valence-electron chi connectivity index (χ4n) is 1.90. The predicted molar refractivity (Wildman–Crippen MR) is 72.1 cm³/mol. The molecule has 2 heterocycles. The van der Waals surface area contributed by atoms with E-state index in [0.717, 1.165) is 25.9 Å². The summed E-state index contributed by atoms with van der Waals surface area (Å²) in [6, 6.07) is 2.16. The topological polar surface area (TPSA) is 67.1 Å². The van der Waals surface area contributed by atoms with E-state index in [-0.39, 0.29) is 0 Å². The molecule has 0 atom stereocenters. The second kappa shape index (κ2) is 5.37. The standard InChI is InChI=1S/C11H17N5S/c1-16-6-3-8(4-7-16)14-11-13-5-2-9(15-11)10(12)17/h2,5,8H,3-4,6-7H2,1H3,(H2,12,17)(H,13,14,15). The molecule has 92 valence electrons. The number of hydrogen-bond donors (Lipinski definition) is 2. The second-order valence-corrected chi connectivity index (χ2v) is 4.79. The molecule has 0 aliphatic carbocycles. The third kappa shape index (κ3) is 3.34. The smallest absolute Gasteiger partial charge is 0.223 e. The molecule has 5 nitrogen and oxygen atoms in total. The highest BCUT2D eigenvalue weighted by Crippen LogP contribution is 2.12. The summed E-state index contributed by atoms with van der Waals surface area (Å²) in [5.41, 5.74) is 6.16. The number of anilines is 1. The minimum absolute atomic E-state index is 0.304. The molecule has 0 radical (unpaired) electrons. The zero-order valence-electron chi connectivity index (χ0n) is 9.89. The average molecular weight is 251 g/mol. The number of nitrogens with zero attached hydrogens (tertiary/aromatic N) is 3. The van der Waals surface area contributed by atoms with Gasteiger partial charge in [0.15, 0.2) is 0 Å². The van der Waals surface area contributed by atoms with E-state index in [1.165, 1.54) is 0 Å². The fraction of sp³-hybridized carbons (Fsp3) is 0.545. The van der Waals surface area contributed by atoms with Crippen LogP contribution < -0.4 is 11.1 Å². The Morgan fingerprint density at radius 3 is 2.88 bits per heavy atom. The maximum Gasteiger partial charge on any atom is 0.223 e. The van der Waals surface area contributed by atoms with Crippen molar-refractivity contribution in [3.8, 4) is 0 Å². The Morgan fingerprint density at radius 2 is 2.24 bits per heavy atom. The highest BCUT2D eigenvalue weighted by atomic mass is 32.1. The first-order chi connectivity index (χ1) is 8.15. The molecule has 1 aliphatic rings. The van der Waals surface area contributed by atoms with Gasteiger partial charge in [-0.15, -0.1) is 0 Å². The summed E-state index contributed by atoms with van der Waals surface area (Å²) in [6.07, 6.45) is 3.90. The molecular formula is C11H17N5S. The van der Waals surface area contributed by atoms with Crippen molar-refractivity contribution in [1.29, 1.82) is 0 Å². The van der Waals surface area contributed by atoms with Crippen LogP contribution >= 0.6 is 12.2 Å². The largest absolute Gasteiger partial charge is 0.388 e. The van der Waals surface area contributed by atoms with Gasteiger partial charge in [0.05, 0.1) is 0 Å². The molecule has 2 rings (SSSR count). The molecular weight excluding hydrogens is 234 g/mol. The molecule has 0 aromatic carbocycles. The Morgan fingerprint density at radius 1 is 1.53 bits per heavy atom. The maximum atomic E-state index is 5.54. The Kier molecular flexibility index (Phi) is 3.86. The molecule has 0 amide bonds. The van der Waals surface area contributed by atoms with Crippen LogP contribution in [-0.2, 0) is 0 Å². The summed E-state index contributed by atoms with van der Waals surface area (Å²) in [6.45, 7) is 2.21. The van der Waals surface area contributed by atoms with Gasteiger partial charge < -0.3 is 16.0 Å². The second-order valence-electron chi connectivity index (χ2n) is 4.35. The van der Waals surface area contributed by atoms with Gasteiger partial charge >= 0.3 is 0 Å². The van der Waals surface area contributed by atoms with Crippen LogP contribution in [0.2, 0.25) is 0 Å². The summed E-state index contributed by atoms with van der Waals surface area (Å²) in [4.78, 5) is 11.1. The van der Waals surface area contributed by atoms with Crippen molar-refractivity contribution in [1.82, 2.24) is 14.9 Å². The lowest BCUT2D eigenvalue weighted by molar-refractivity contribution is 0.263. The van der Waals surface area contributed by atoms with Gasteiger partial charge in [0.25, 0.3) is 0 Å². The first kappa shape index (κ1) is 12.2. The van der Waals surface area contributed by atoms with Gasteiger partial charge in [-0.2, -0.15) is 0 Å². The minimum Gasteiger partial charge on any atom is -0.388 e. The number of rotatable bonds is 3. The highest BCUT2D eigenvalue weighted by Gasteiger charge is 2.17. The van der Waals surface area contributed by atoms with Gasteiger partial charge in [-0.25, -0.2) is 9.97 Å². The van der Waals surface area contributed by atoms with Gasteiger partial charge in [-0.05, 0) is 39.0 Å². The van der Waals surface area contributed by atoms with Crippen LogP contribution in [0.25, 0.3) is 0 Å². The van der Waals surface area contributed by atoms with E-state index >= 15 is 0 Å². The number of hydrogen-bond acceptors (Lipinski definition) is 5. The van der Waals surface area contributed by atoms with Crippen molar-refractivity contribution in [2.45, 2.75) is 18.9 Å². The zero-order valence-corrected chi connectivity index (χ0v) is 10.7. The Hall–Kier alpha value is -1.27. The lowest BCUT2D eigenvalue weighted by atomic mass is 10.1. The van der Waals surface area contributed by atoms with E-state index in [2.05, 4.69) is 27.2 Å². The van der Waals surface area contributed by atoms with Crippen LogP contribution in [0.3, 0.4) is 0 Å². The van der Waals surface area contributed by atoms with E-state index in [9.17, 15) is 0 Å². The third-order valence-electron chi connectivity index (χ3n) is 2.96. The third-order valence-corrected chi connectivity index (χ3v) is 3.17. The molecule has 1 aromatic heterocycles. The number of thiocarbonyl (C=S) groups is 1. The lowest BCUT2D eigenvalue weighted by Gasteiger charge is -2.29. The van der Waals surface area contributed by atoms with Gasteiger partial charge in [-0.1, -0.05) is 12.2 Å². The fourth-order valence-corrected chi connectivity index (χ4v) is 2.01. The van der Waals surface area contributed by atoms with E-state index in [1.807, 2.05) is 0 Å². The first-order valence-electron chi connectivity index (χ1n) is 5.73. The summed E-state index contributed by atoms with van der Waals surface area (Å²) in [5, 5.41) is 3.33. The van der Waals surface area contributed by atoms with Gasteiger partial charge in [0.1, 0.15) is 10.7 Å². The summed E-state index contributed by atoms with van der Waals surface area (Å²) in [7, 11) is 2.14. The normalized spacial score (nSPS) is 17.9. The molecule has 1 saturated heterocycles. The van der Waals surface area contributed by atoms with Crippen molar-refractivity contribution in [3.63, 3.8) is 0 Å². The molecule has 1 aliphatic heterocycles. The maximum absolute atomic E-state index is 5.54. The number of piperidine rings is 1. The predicted octanol–water partition coefficient (Wildman–Crippen LogP) is 0.617. The Balaban J connectivity index is 1.98. The van der Waals surface area contributed by atoms with E-state index in [0.29, 0.717) is 22.7 Å². The number of likely N-dealkylation sites (tertiary alicyclic amines) is 1. The van der Waals surface area contributed by atoms with Crippen molar-refractivity contribution >= 4 is 23.2 Å². The molecule has 0 saturated carbocycles. The molecule has 3 N–H and O–H groups in total. The minimum atomic E-state index is 0.304. The summed E-state index contributed by atoms with van der Waals surface area (Å²) < 4.78 is 0. The quantitative estimate of drug-likeness (QED) is 0.768. The van der Waals surface area contributed by atoms with Crippen LogP contribution in [0.4, 0.5) is 5.95 Å². The van der Waals surface area contributed by atoms with Crippen LogP contribution in [0.5, 0.6) is 0 Å². The first-order valence-corrected chi connectivity index (χ1v) is 6.14. The molecule has 0 bridgehead atoms. The van der Waals surface area contributed by atoms with Crippen LogP contribution in [0.1, 0.15) is 18.5 Å². The molecule has 0 unspecified atom stereocenters. The molecule has 17 heavy (non-hydrogen) atoms. The van der Waals surface area contributed by atoms with E-state index in [1.54, 1.807) is 12.3 Å². The van der Waals surface area contributed by atoms with Gasteiger partial charge in [-0.3, -0.25) is 0 Å². The van der Waals surface area contributed by atoms with Crippen molar-refractivity contribution in [3.05, 3.63) is 18.0 Å². The van der Waals surface area contributed by atoms with Crippen LogP contribution in [-0.4, -0.2) is 46.0 Å². The summed E-state index contributed by atoms with van der Waals surface area (Å²) >= 11 is 4.89. The van der Waals surface area contributed by atoms with Crippen molar-refractivity contribution in [2.24, 2.45) is 5.73 Å². The Labute approximate surface area is 106 Å². The van der Waals surface area contributed by atoms with Crippen LogP contribution in [0, 0.1) is 0 Å². The molecule has 6 heteroatoms. The lowest BCUT2D eigenvalue weighted by Crippen LogP contribution is -2.37. The molecule has 0 spiro atoms. The van der Waals surface area contributed by atoms with E-state index < -0.39 is 0 Å². The SMILES string of the molecule is CN1CCC(Nc2nccc(C(N)=S)n2)CC1. The van der Waals surface area contributed by atoms with Crippen molar-refractivity contribution < 1.29 is 0 Å². The highest BCUT2D eigenvalue weighted by molar-refractivity contribution is 7.80. The number of nitrogens with one attached hydrogen (secondary N) is 1. The summed E-state index contributed by atoms with van der Waals surface area (Å²) in [5.74, 6) is 0.616. The monoisotopic (exact) mass is 251 g/mol. The Bertz CT molecular complexity index is 401.